The van der Waals surface area contributed by atoms with Crippen LogP contribution in [-0.2, 0) is 22.7 Å². The number of nitrogens with two attached hydrogens (primary N) is 1. The largest absolute Gasteiger partial charge is 0.348 e. The summed E-state index contributed by atoms with van der Waals surface area (Å²) in [7, 11) is 0. The van der Waals surface area contributed by atoms with Crippen LogP contribution >= 0.6 is 0 Å². The average Bonchev–Trinajstić information content (AvgIpc) is 2.75. The second kappa shape index (κ2) is 9.09. The minimum atomic E-state index is -0.561. The number of hydrogen-bond donors (Lipinski definition) is 3. The molecule has 30 heavy (non-hydrogen) atoms. The van der Waals surface area contributed by atoms with Crippen molar-refractivity contribution in [2.45, 2.75) is 46.3 Å². The summed E-state index contributed by atoms with van der Waals surface area (Å²) < 4.78 is 0. The molecule has 0 aromatic heterocycles. The monoisotopic (exact) mass is 408 g/mol. The van der Waals surface area contributed by atoms with Gasteiger partial charge in [0.25, 0.3) is 5.91 Å². The highest BCUT2D eigenvalue weighted by Crippen LogP contribution is 2.35. The maximum atomic E-state index is 12.7. The third-order valence-corrected chi connectivity index (χ3v) is 5.53. The first-order valence-electron chi connectivity index (χ1n) is 10.2. The van der Waals surface area contributed by atoms with Crippen molar-refractivity contribution in [3.63, 3.8) is 0 Å². The lowest BCUT2D eigenvalue weighted by atomic mass is 9.93. The summed E-state index contributed by atoms with van der Waals surface area (Å²) in [5.74, 6) is -0.686. The highest BCUT2D eigenvalue weighted by molar-refractivity contribution is 6.12. The number of fused-ring (bicyclic) bond motifs is 1. The van der Waals surface area contributed by atoms with E-state index < -0.39 is 6.04 Å². The van der Waals surface area contributed by atoms with E-state index in [0.717, 1.165) is 17.5 Å². The normalized spacial score (nSPS) is 16.5. The molecular formula is C23H28N4O3. The Morgan fingerprint density at radius 3 is 2.60 bits per heavy atom. The number of anilines is 2. The van der Waals surface area contributed by atoms with Gasteiger partial charge in [-0.3, -0.25) is 19.3 Å². The standard InChI is InChI=1S/C23H28N4O3/c1-4-14(2)21-23(30)26-19-11-18(8-9-20(19)27(21)15(3)28)22(29)25-13-17-7-5-6-16(10-17)12-24/h5-11,14,21H,4,12-13,24H2,1-3H3,(H,25,29)(H,26,30). The highest BCUT2D eigenvalue weighted by Gasteiger charge is 2.38. The zero-order valence-corrected chi connectivity index (χ0v) is 17.6. The van der Waals surface area contributed by atoms with E-state index in [1.165, 1.54) is 11.8 Å². The molecular weight excluding hydrogens is 380 g/mol. The Bertz CT molecular complexity index is 973. The van der Waals surface area contributed by atoms with Gasteiger partial charge in [0.05, 0.1) is 11.4 Å². The highest BCUT2D eigenvalue weighted by atomic mass is 16.2. The van der Waals surface area contributed by atoms with E-state index in [2.05, 4.69) is 10.6 Å². The molecule has 2 aromatic rings. The Morgan fingerprint density at radius 1 is 1.20 bits per heavy atom. The number of nitrogens with zero attached hydrogens (tertiary/aromatic N) is 1. The van der Waals surface area contributed by atoms with Crippen LogP contribution in [0.3, 0.4) is 0 Å². The maximum absolute atomic E-state index is 12.7. The predicted octanol–water partition coefficient (Wildman–Crippen LogP) is 2.80. The zero-order chi connectivity index (χ0) is 21.8. The molecule has 7 nitrogen and oxygen atoms in total. The number of carbonyl (C=O) groups excluding carboxylic acids is 3. The van der Waals surface area contributed by atoms with Gasteiger partial charge in [-0.2, -0.15) is 0 Å². The third-order valence-electron chi connectivity index (χ3n) is 5.53. The Labute approximate surface area is 176 Å². The molecule has 1 aliphatic rings. The first kappa shape index (κ1) is 21.5. The molecule has 0 fully saturated rings. The Morgan fingerprint density at radius 2 is 1.93 bits per heavy atom. The van der Waals surface area contributed by atoms with Crippen molar-refractivity contribution in [2.75, 3.05) is 10.2 Å². The molecule has 0 spiro atoms. The number of carbonyl (C=O) groups is 3. The predicted molar refractivity (Wildman–Crippen MR) is 117 cm³/mol. The van der Waals surface area contributed by atoms with Crippen LogP contribution in [0.4, 0.5) is 11.4 Å². The van der Waals surface area contributed by atoms with Crippen LogP contribution < -0.4 is 21.3 Å². The number of benzene rings is 2. The van der Waals surface area contributed by atoms with E-state index in [1.807, 2.05) is 38.1 Å². The SMILES string of the molecule is CCC(C)C1C(=O)Nc2cc(C(=O)NCc3cccc(CN)c3)ccc2N1C(C)=O. The maximum Gasteiger partial charge on any atom is 0.251 e. The fraction of sp³-hybridized carbons (Fsp3) is 0.348. The first-order chi connectivity index (χ1) is 14.3. The molecule has 1 aliphatic heterocycles. The minimum absolute atomic E-state index is 0.00862. The Kier molecular flexibility index (Phi) is 6.52. The molecule has 2 unspecified atom stereocenters. The van der Waals surface area contributed by atoms with Crippen LogP contribution in [-0.4, -0.2) is 23.8 Å². The Hall–Kier alpha value is -3.19. The van der Waals surface area contributed by atoms with Crippen molar-refractivity contribution in [1.82, 2.24) is 5.32 Å². The van der Waals surface area contributed by atoms with Crippen molar-refractivity contribution >= 4 is 29.1 Å². The fourth-order valence-electron chi connectivity index (χ4n) is 3.71. The fourth-order valence-corrected chi connectivity index (χ4v) is 3.71. The van der Waals surface area contributed by atoms with Crippen LogP contribution in [0.15, 0.2) is 42.5 Å². The molecule has 3 rings (SSSR count). The van der Waals surface area contributed by atoms with Gasteiger partial charge < -0.3 is 16.4 Å². The molecule has 0 saturated carbocycles. The topological polar surface area (TPSA) is 105 Å². The van der Waals surface area contributed by atoms with Gasteiger partial charge in [-0.15, -0.1) is 0 Å². The molecule has 0 radical (unpaired) electrons. The summed E-state index contributed by atoms with van der Waals surface area (Å²) in [6.45, 7) is 6.20. The molecule has 0 aliphatic carbocycles. The summed E-state index contributed by atoms with van der Waals surface area (Å²) in [4.78, 5) is 39.2. The van der Waals surface area contributed by atoms with Crippen LogP contribution in [0.1, 0.15) is 48.7 Å². The Balaban J connectivity index is 1.81. The van der Waals surface area contributed by atoms with Crippen molar-refractivity contribution in [2.24, 2.45) is 11.7 Å². The van der Waals surface area contributed by atoms with E-state index in [4.69, 9.17) is 5.73 Å². The van der Waals surface area contributed by atoms with E-state index in [-0.39, 0.29) is 23.6 Å². The van der Waals surface area contributed by atoms with Crippen LogP contribution in [0.25, 0.3) is 0 Å². The third kappa shape index (κ3) is 4.36. The number of nitrogens with one attached hydrogen (secondary N) is 2. The summed E-state index contributed by atoms with van der Waals surface area (Å²) in [6, 6.07) is 12.2. The quantitative estimate of drug-likeness (QED) is 0.683. The van der Waals surface area contributed by atoms with Gasteiger partial charge in [0, 0.05) is 25.6 Å². The molecule has 0 saturated heterocycles. The van der Waals surface area contributed by atoms with E-state index in [0.29, 0.717) is 30.0 Å². The van der Waals surface area contributed by atoms with Crippen molar-refractivity contribution in [1.29, 1.82) is 0 Å². The van der Waals surface area contributed by atoms with Gasteiger partial charge in [-0.1, -0.05) is 44.5 Å². The van der Waals surface area contributed by atoms with Gasteiger partial charge in [-0.25, -0.2) is 0 Å². The lowest BCUT2D eigenvalue weighted by molar-refractivity contribution is -0.123. The van der Waals surface area contributed by atoms with Crippen molar-refractivity contribution in [3.05, 3.63) is 59.2 Å². The van der Waals surface area contributed by atoms with E-state index in [1.54, 1.807) is 18.2 Å². The summed E-state index contributed by atoms with van der Waals surface area (Å²) in [5, 5.41) is 5.75. The second-order valence-corrected chi connectivity index (χ2v) is 7.65. The van der Waals surface area contributed by atoms with Gasteiger partial charge in [0.15, 0.2) is 0 Å². The van der Waals surface area contributed by atoms with Crippen molar-refractivity contribution < 1.29 is 14.4 Å². The van der Waals surface area contributed by atoms with Gasteiger partial charge in [0.2, 0.25) is 11.8 Å². The molecule has 2 atom stereocenters. The van der Waals surface area contributed by atoms with E-state index >= 15 is 0 Å². The average molecular weight is 409 g/mol. The first-order valence-corrected chi connectivity index (χ1v) is 10.2. The summed E-state index contributed by atoms with van der Waals surface area (Å²) in [5.41, 5.74) is 9.10. The second-order valence-electron chi connectivity index (χ2n) is 7.65. The smallest absolute Gasteiger partial charge is 0.251 e. The summed E-state index contributed by atoms with van der Waals surface area (Å²) >= 11 is 0. The minimum Gasteiger partial charge on any atom is -0.348 e. The number of hydrogen-bond acceptors (Lipinski definition) is 4. The van der Waals surface area contributed by atoms with Crippen LogP contribution in [0.2, 0.25) is 0 Å². The zero-order valence-electron chi connectivity index (χ0n) is 17.6. The lowest BCUT2D eigenvalue weighted by Crippen LogP contribution is -2.53. The molecule has 158 valence electrons. The molecule has 3 amide bonds. The molecule has 4 N–H and O–H groups in total. The van der Waals surface area contributed by atoms with Crippen LogP contribution in [0, 0.1) is 5.92 Å². The van der Waals surface area contributed by atoms with Crippen LogP contribution in [0.5, 0.6) is 0 Å². The molecule has 2 aromatic carbocycles. The molecule has 1 heterocycles. The van der Waals surface area contributed by atoms with Crippen molar-refractivity contribution in [3.8, 4) is 0 Å². The number of rotatable bonds is 6. The number of amides is 3. The van der Waals surface area contributed by atoms with Gasteiger partial charge in [-0.05, 0) is 35.2 Å². The molecule has 0 bridgehead atoms. The van der Waals surface area contributed by atoms with Gasteiger partial charge in [0.1, 0.15) is 6.04 Å². The summed E-state index contributed by atoms with van der Waals surface area (Å²) in [6.07, 6.45) is 0.767. The van der Waals surface area contributed by atoms with Gasteiger partial charge >= 0.3 is 0 Å². The lowest BCUT2D eigenvalue weighted by Gasteiger charge is -2.38. The van der Waals surface area contributed by atoms with E-state index in [9.17, 15) is 14.4 Å². The molecule has 7 heteroatoms.